The second-order valence-corrected chi connectivity index (χ2v) is 6.07. The van der Waals surface area contributed by atoms with Crippen molar-refractivity contribution in [3.63, 3.8) is 0 Å². The number of carbonyl (C=O) groups is 1. The molecule has 0 aliphatic carbocycles. The van der Waals surface area contributed by atoms with Crippen molar-refractivity contribution < 1.29 is 24.1 Å². The number of ether oxygens (including phenoxy) is 3. The molecule has 0 bridgehead atoms. The molecular weight excluding hydrogens is 390 g/mol. The largest absolute Gasteiger partial charge is 0.493 e. The number of methoxy groups -OCH3 is 3. The van der Waals surface area contributed by atoms with E-state index in [1.165, 1.54) is 27.7 Å². The summed E-state index contributed by atoms with van der Waals surface area (Å²) < 4.78 is 16.0. The summed E-state index contributed by atoms with van der Waals surface area (Å²) in [5, 5.41) is 15.1. The first kappa shape index (κ1) is 20.6. The van der Waals surface area contributed by atoms with Crippen molar-refractivity contribution in [1.29, 1.82) is 0 Å². The molecule has 0 spiro atoms. The SMILES string of the molecule is COc1cc(Nc2ncnc(Nc3cccc(CC(=O)O)c3)n2)cc(OC)c1OC. The second kappa shape index (κ2) is 9.41. The van der Waals surface area contributed by atoms with E-state index in [-0.39, 0.29) is 6.42 Å². The van der Waals surface area contributed by atoms with Gasteiger partial charge < -0.3 is 30.0 Å². The number of anilines is 4. The van der Waals surface area contributed by atoms with Gasteiger partial charge in [-0.1, -0.05) is 12.1 Å². The van der Waals surface area contributed by atoms with Crippen LogP contribution in [-0.2, 0) is 11.2 Å². The highest BCUT2D eigenvalue weighted by Crippen LogP contribution is 2.40. The Kier molecular flexibility index (Phi) is 6.48. The molecule has 0 saturated carbocycles. The monoisotopic (exact) mass is 411 g/mol. The van der Waals surface area contributed by atoms with E-state index in [1.807, 2.05) is 0 Å². The molecule has 156 valence electrons. The van der Waals surface area contributed by atoms with Crippen LogP contribution in [0.3, 0.4) is 0 Å². The first-order valence-electron chi connectivity index (χ1n) is 8.86. The van der Waals surface area contributed by atoms with Gasteiger partial charge in [0.25, 0.3) is 0 Å². The molecule has 0 radical (unpaired) electrons. The molecule has 1 heterocycles. The fraction of sp³-hybridized carbons (Fsp3) is 0.200. The summed E-state index contributed by atoms with van der Waals surface area (Å²) in [6.07, 6.45) is 1.29. The highest BCUT2D eigenvalue weighted by molar-refractivity contribution is 5.71. The average molecular weight is 411 g/mol. The molecule has 2 aromatic carbocycles. The van der Waals surface area contributed by atoms with E-state index in [9.17, 15) is 4.79 Å². The third kappa shape index (κ3) is 5.04. The van der Waals surface area contributed by atoms with Gasteiger partial charge in [0.15, 0.2) is 11.5 Å². The Morgan fingerprint density at radius 1 is 0.933 bits per heavy atom. The average Bonchev–Trinajstić information content (AvgIpc) is 2.73. The maximum atomic E-state index is 10.9. The van der Waals surface area contributed by atoms with Gasteiger partial charge in [0.05, 0.1) is 27.8 Å². The second-order valence-electron chi connectivity index (χ2n) is 6.07. The van der Waals surface area contributed by atoms with E-state index in [0.29, 0.717) is 46.1 Å². The zero-order valence-electron chi connectivity index (χ0n) is 16.7. The van der Waals surface area contributed by atoms with Gasteiger partial charge in [0.2, 0.25) is 17.6 Å². The molecule has 3 N–H and O–H groups in total. The number of carboxylic acids is 1. The smallest absolute Gasteiger partial charge is 0.307 e. The number of hydrogen-bond donors (Lipinski definition) is 3. The Labute approximate surface area is 172 Å². The number of nitrogens with one attached hydrogen (secondary N) is 2. The summed E-state index contributed by atoms with van der Waals surface area (Å²) in [4.78, 5) is 23.5. The number of hydrogen-bond acceptors (Lipinski definition) is 9. The quantitative estimate of drug-likeness (QED) is 0.483. The minimum Gasteiger partial charge on any atom is -0.493 e. The number of aliphatic carboxylic acids is 1. The van der Waals surface area contributed by atoms with Crippen LogP contribution in [0.1, 0.15) is 5.56 Å². The lowest BCUT2D eigenvalue weighted by Crippen LogP contribution is -2.04. The summed E-state index contributed by atoms with van der Waals surface area (Å²) in [6, 6.07) is 10.5. The molecule has 0 aliphatic heterocycles. The highest BCUT2D eigenvalue weighted by Gasteiger charge is 2.14. The van der Waals surface area contributed by atoms with Crippen LogP contribution in [0.25, 0.3) is 0 Å². The third-order valence-corrected chi connectivity index (χ3v) is 4.03. The minimum absolute atomic E-state index is 0.0688. The van der Waals surface area contributed by atoms with Crippen molar-refractivity contribution in [1.82, 2.24) is 15.0 Å². The van der Waals surface area contributed by atoms with Gasteiger partial charge >= 0.3 is 5.97 Å². The van der Waals surface area contributed by atoms with Crippen molar-refractivity contribution in [3.8, 4) is 17.2 Å². The van der Waals surface area contributed by atoms with Crippen LogP contribution in [0, 0.1) is 0 Å². The van der Waals surface area contributed by atoms with Crippen LogP contribution in [0.15, 0.2) is 42.7 Å². The molecule has 0 saturated heterocycles. The Morgan fingerprint density at radius 3 is 2.13 bits per heavy atom. The van der Waals surface area contributed by atoms with Crippen LogP contribution in [0.2, 0.25) is 0 Å². The zero-order valence-corrected chi connectivity index (χ0v) is 16.7. The van der Waals surface area contributed by atoms with Gasteiger partial charge in [0.1, 0.15) is 6.33 Å². The fourth-order valence-electron chi connectivity index (χ4n) is 2.76. The molecule has 1 aromatic heterocycles. The van der Waals surface area contributed by atoms with Crippen LogP contribution < -0.4 is 24.8 Å². The Balaban J connectivity index is 1.80. The summed E-state index contributed by atoms with van der Waals surface area (Å²) in [5.41, 5.74) is 1.96. The summed E-state index contributed by atoms with van der Waals surface area (Å²) >= 11 is 0. The van der Waals surface area contributed by atoms with Crippen LogP contribution in [0.4, 0.5) is 23.3 Å². The molecule has 0 amide bonds. The molecule has 3 rings (SSSR count). The van der Waals surface area contributed by atoms with Gasteiger partial charge in [-0.15, -0.1) is 0 Å². The fourth-order valence-corrected chi connectivity index (χ4v) is 2.76. The summed E-state index contributed by atoms with van der Waals surface area (Å²) in [5.74, 6) is 1.15. The molecule has 10 heteroatoms. The lowest BCUT2D eigenvalue weighted by atomic mass is 10.1. The highest BCUT2D eigenvalue weighted by atomic mass is 16.5. The lowest BCUT2D eigenvalue weighted by Gasteiger charge is -2.14. The number of rotatable bonds is 9. The van der Waals surface area contributed by atoms with Gasteiger partial charge in [-0.05, 0) is 17.7 Å². The molecule has 0 fully saturated rings. The van der Waals surface area contributed by atoms with E-state index >= 15 is 0 Å². The number of benzene rings is 2. The topological polar surface area (TPSA) is 128 Å². The molecule has 0 atom stereocenters. The van der Waals surface area contributed by atoms with E-state index in [2.05, 4.69) is 25.6 Å². The van der Waals surface area contributed by atoms with Gasteiger partial charge in [-0.3, -0.25) is 4.79 Å². The maximum Gasteiger partial charge on any atom is 0.307 e. The molecule has 3 aromatic rings. The lowest BCUT2D eigenvalue weighted by molar-refractivity contribution is -0.136. The van der Waals surface area contributed by atoms with E-state index < -0.39 is 5.97 Å². The number of aromatic nitrogens is 3. The Morgan fingerprint density at radius 2 is 1.57 bits per heavy atom. The summed E-state index contributed by atoms with van der Waals surface area (Å²) in [6.45, 7) is 0. The summed E-state index contributed by atoms with van der Waals surface area (Å²) in [7, 11) is 4.60. The zero-order chi connectivity index (χ0) is 21.5. The van der Waals surface area contributed by atoms with Gasteiger partial charge in [0, 0.05) is 23.5 Å². The maximum absolute atomic E-state index is 10.9. The molecule has 0 aliphatic rings. The van der Waals surface area contributed by atoms with Crippen LogP contribution in [-0.4, -0.2) is 47.4 Å². The number of carboxylic acid groups (broad SMARTS) is 1. The van der Waals surface area contributed by atoms with Crippen molar-refractivity contribution in [2.45, 2.75) is 6.42 Å². The minimum atomic E-state index is -0.899. The molecule has 10 nitrogen and oxygen atoms in total. The predicted molar refractivity (Wildman–Crippen MR) is 110 cm³/mol. The predicted octanol–water partition coefficient (Wildman–Crippen LogP) is 3.01. The van der Waals surface area contributed by atoms with Crippen molar-refractivity contribution in [2.75, 3.05) is 32.0 Å². The molecule has 0 unspecified atom stereocenters. The third-order valence-electron chi connectivity index (χ3n) is 4.03. The van der Waals surface area contributed by atoms with E-state index in [0.717, 1.165) is 0 Å². The molecular formula is C20H21N5O5. The van der Waals surface area contributed by atoms with Gasteiger partial charge in [-0.2, -0.15) is 4.98 Å². The Hall–Kier alpha value is -4.08. The van der Waals surface area contributed by atoms with E-state index in [4.69, 9.17) is 19.3 Å². The Bertz CT molecular complexity index is 1020. The van der Waals surface area contributed by atoms with E-state index in [1.54, 1.807) is 36.4 Å². The normalized spacial score (nSPS) is 10.2. The molecule has 30 heavy (non-hydrogen) atoms. The van der Waals surface area contributed by atoms with Crippen LogP contribution >= 0.6 is 0 Å². The first-order chi connectivity index (χ1) is 14.5. The standard InChI is InChI=1S/C20H21N5O5/c1-28-15-9-14(10-16(29-2)18(15)30-3)24-20-22-11-21-19(25-20)23-13-6-4-5-12(7-13)8-17(26)27/h4-7,9-11H,8H2,1-3H3,(H,26,27)(H2,21,22,23,24,25). The van der Waals surface area contributed by atoms with Crippen molar-refractivity contribution in [3.05, 3.63) is 48.3 Å². The van der Waals surface area contributed by atoms with Crippen molar-refractivity contribution >= 4 is 29.2 Å². The number of nitrogens with zero attached hydrogens (tertiary/aromatic N) is 3. The van der Waals surface area contributed by atoms with Crippen LogP contribution in [0.5, 0.6) is 17.2 Å². The van der Waals surface area contributed by atoms with Crippen molar-refractivity contribution in [2.24, 2.45) is 0 Å². The first-order valence-corrected chi connectivity index (χ1v) is 8.86. The van der Waals surface area contributed by atoms with Gasteiger partial charge in [-0.25, -0.2) is 9.97 Å².